The van der Waals surface area contributed by atoms with E-state index in [1.165, 1.54) is 6.07 Å². The third kappa shape index (κ3) is 8.59. The molecule has 2 aromatic rings. The highest BCUT2D eigenvalue weighted by atomic mass is 16.2. The summed E-state index contributed by atoms with van der Waals surface area (Å²) in [5.74, 6) is 0.124. The number of anilines is 2. The number of H-pyrrole nitrogens is 1. The molecule has 9 nitrogen and oxygen atoms in total. The molecule has 1 heterocycles. The second-order valence-electron chi connectivity index (χ2n) is 6.74. The van der Waals surface area contributed by atoms with Crippen molar-refractivity contribution in [1.82, 2.24) is 20.6 Å². The standard InChI is InChI=1S/C21H28N6O3/c1-3-16-8-10-17(11-9-16)25-20(29)22-12-6-4-5-7-13-23-21(30)27-19-24-15(2)14-18(28)26-19/h3,8-11,14H,1,4-7,12-13H2,2H3,(H2,22,25,29)(H3,23,24,26,27,28,30). The van der Waals surface area contributed by atoms with Gasteiger partial charge in [0.25, 0.3) is 5.56 Å². The van der Waals surface area contributed by atoms with Gasteiger partial charge >= 0.3 is 12.1 Å². The number of hydrogen-bond donors (Lipinski definition) is 5. The van der Waals surface area contributed by atoms with Crippen LogP contribution in [-0.4, -0.2) is 35.1 Å². The second-order valence-corrected chi connectivity index (χ2v) is 6.74. The van der Waals surface area contributed by atoms with E-state index in [0.717, 1.165) is 36.9 Å². The van der Waals surface area contributed by atoms with Crippen LogP contribution < -0.4 is 26.8 Å². The predicted molar refractivity (Wildman–Crippen MR) is 119 cm³/mol. The monoisotopic (exact) mass is 412 g/mol. The number of aryl methyl sites for hydroxylation is 1. The Balaban J connectivity index is 1.50. The molecule has 0 bridgehead atoms. The Labute approximate surface area is 175 Å². The van der Waals surface area contributed by atoms with Crippen molar-refractivity contribution in [3.8, 4) is 0 Å². The quantitative estimate of drug-likeness (QED) is 0.384. The van der Waals surface area contributed by atoms with E-state index in [9.17, 15) is 14.4 Å². The van der Waals surface area contributed by atoms with Gasteiger partial charge in [0, 0.05) is 30.5 Å². The summed E-state index contributed by atoms with van der Waals surface area (Å²) in [6.07, 6.45) is 5.27. The Bertz CT molecular complexity index is 908. The number of hydrogen-bond acceptors (Lipinski definition) is 4. The molecule has 0 aliphatic carbocycles. The maximum absolute atomic E-state index is 11.8. The minimum absolute atomic E-state index is 0.124. The van der Waals surface area contributed by atoms with E-state index in [1.54, 1.807) is 13.0 Å². The third-order valence-electron chi connectivity index (χ3n) is 4.18. The first kappa shape index (κ1) is 22.7. The zero-order valence-electron chi connectivity index (χ0n) is 17.1. The van der Waals surface area contributed by atoms with Crippen LogP contribution in [0.3, 0.4) is 0 Å². The zero-order chi connectivity index (χ0) is 21.8. The number of unbranched alkanes of at least 4 members (excludes halogenated alkanes) is 3. The maximum Gasteiger partial charge on any atom is 0.321 e. The van der Waals surface area contributed by atoms with Crippen LogP contribution in [0.5, 0.6) is 0 Å². The summed E-state index contributed by atoms with van der Waals surface area (Å²) in [4.78, 5) is 41.4. The molecule has 0 aliphatic heterocycles. The number of benzene rings is 1. The summed E-state index contributed by atoms with van der Waals surface area (Å²) in [6.45, 7) is 6.46. The van der Waals surface area contributed by atoms with Gasteiger partial charge in [-0.25, -0.2) is 14.6 Å². The van der Waals surface area contributed by atoms with Gasteiger partial charge in [0.2, 0.25) is 5.95 Å². The number of urea groups is 2. The lowest BCUT2D eigenvalue weighted by molar-refractivity contribution is 0.250. The van der Waals surface area contributed by atoms with E-state index in [2.05, 4.69) is 37.8 Å². The summed E-state index contributed by atoms with van der Waals surface area (Å²) in [5.41, 5.74) is 1.94. The smallest absolute Gasteiger partial charge is 0.321 e. The average molecular weight is 412 g/mol. The summed E-state index contributed by atoms with van der Waals surface area (Å²) in [5, 5.41) is 10.8. The summed E-state index contributed by atoms with van der Waals surface area (Å²) >= 11 is 0. The van der Waals surface area contributed by atoms with Gasteiger partial charge in [-0.3, -0.25) is 15.1 Å². The number of nitrogens with one attached hydrogen (secondary N) is 5. The molecular weight excluding hydrogens is 384 g/mol. The number of nitrogens with zero attached hydrogens (tertiary/aromatic N) is 1. The van der Waals surface area contributed by atoms with E-state index < -0.39 is 6.03 Å². The lowest BCUT2D eigenvalue weighted by Gasteiger charge is -2.08. The summed E-state index contributed by atoms with van der Waals surface area (Å²) in [7, 11) is 0. The highest BCUT2D eigenvalue weighted by Gasteiger charge is 2.04. The van der Waals surface area contributed by atoms with Gasteiger partial charge < -0.3 is 16.0 Å². The average Bonchev–Trinajstić information content (AvgIpc) is 2.69. The van der Waals surface area contributed by atoms with Crippen LogP contribution in [0.2, 0.25) is 0 Å². The molecule has 2 rings (SSSR count). The van der Waals surface area contributed by atoms with Crippen molar-refractivity contribution in [3.05, 3.63) is 58.5 Å². The van der Waals surface area contributed by atoms with Crippen molar-refractivity contribution in [3.63, 3.8) is 0 Å². The molecule has 9 heteroatoms. The molecule has 0 radical (unpaired) electrons. The van der Waals surface area contributed by atoms with E-state index >= 15 is 0 Å². The number of aromatic nitrogens is 2. The van der Waals surface area contributed by atoms with Gasteiger partial charge in [0.05, 0.1) is 0 Å². The van der Waals surface area contributed by atoms with Crippen LogP contribution in [0.1, 0.15) is 36.9 Å². The Morgan fingerprint density at radius 3 is 2.17 bits per heavy atom. The molecule has 5 N–H and O–H groups in total. The molecule has 1 aromatic heterocycles. The molecule has 30 heavy (non-hydrogen) atoms. The van der Waals surface area contributed by atoms with Crippen molar-refractivity contribution in [2.24, 2.45) is 0 Å². The number of carbonyl (C=O) groups excluding carboxylic acids is 2. The molecule has 0 spiro atoms. The molecule has 4 amide bonds. The highest BCUT2D eigenvalue weighted by molar-refractivity contribution is 5.89. The lowest BCUT2D eigenvalue weighted by Crippen LogP contribution is -2.31. The number of rotatable bonds is 10. The van der Waals surface area contributed by atoms with Crippen molar-refractivity contribution in [2.75, 3.05) is 23.7 Å². The third-order valence-corrected chi connectivity index (χ3v) is 4.18. The lowest BCUT2D eigenvalue weighted by atomic mass is 10.2. The molecule has 160 valence electrons. The Morgan fingerprint density at radius 2 is 1.60 bits per heavy atom. The molecule has 0 saturated heterocycles. The van der Waals surface area contributed by atoms with Crippen molar-refractivity contribution < 1.29 is 9.59 Å². The fourth-order valence-corrected chi connectivity index (χ4v) is 2.68. The Morgan fingerprint density at radius 1 is 1.00 bits per heavy atom. The van der Waals surface area contributed by atoms with Gasteiger partial charge in [-0.1, -0.05) is 37.6 Å². The fourth-order valence-electron chi connectivity index (χ4n) is 2.68. The second kappa shape index (κ2) is 12.1. The molecule has 0 unspecified atom stereocenters. The molecule has 0 saturated carbocycles. The van der Waals surface area contributed by atoms with Gasteiger partial charge in [0.1, 0.15) is 0 Å². The largest absolute Gasteiger partial charge is 0.338 e. The van der Waals surface area contributed by atoms with E-state index in [0.29, 0.717) is 18.8 Å². The first-order valence-corrected chi connectivity index (χ1v) is 9.86. The van der Waals surface area contributed by atoms with Crippen molar-refractivity contribution in [1.29, 1.82) is 0 Å². The number of amides is 4. The normalized spacial score (nSPS) is 10.2. The van der Waals surface area contributed by atoms with Crippen LogP contribution in [0, 0.1) is 6.92 Å². The topological polar surface area (TPSA) is 128 Å². The van der Waals surface area contributed by atoms with Crippen LogP contribution >= 0.6 is 0 Å². The molecular formula is C21H28N6O3. The van der Waals surface area contributed by atoms with Crippen LogP contribution in [0.4, 0.5) is 21.2 Å². The molecule has 1 aromatic carbocycles. The first-order chi connectivity index (χ1) is 14.5. The van der Waals surface area contributed by atoms with Crippen molar-refractivity contribution in [2.45, 2.75) is 32.6 Å². The molecule has 0 aliphatic rings. The molecule has 0 fully saturated rings. The Hall–Kier alpha value is -3.62. The minimum atomic E-state index is -0.414. The van der Waals surface area contributed by atoms with Crippen LogP contribution in [0.15, 0.2) is 41.7 Å². The SMILES string of the molecule is C=Cc1ccc(NC(=O)NCCCCCCNC(=O)Nc2nc(C)cc(=O)[nH]2)cc1. The number of carbonyl (C=O) groups is 2. The summed E-state index contributed by atoms with van der Waals surface area (Å²) < 4.78 is 0. The van der Waals surface area contributed by atoms with Gasteiger partial charge in [-0.15, -0.1) is 0 Å². The van der Waals surface area contributed by atoms with Crippen molar-refractivity contribution >= 4 is 29.8 Å². The van der Waals surface area contributed by atoms with Crippen LogP contribution in [-0.2, 0) is 0 Å². The van der Waals surface area contributed by atoms with Gasteiger partial charge in [-0.2, -0.15) is 0 Å². The summed E-state index contributed by atoms with van der Waals surface area (Å²) in [6, 6.07) is 8.12. The Kier molecular flexibility index (Phi) is 9.11. The van der Waals surface area contributed by atoms with E-state index in [1.807, 2.05) is 24.3 Å². The fraction of sp³-hybridized carbons (Fsp3) is 0.333. The van der Waals surface area contributed by atoms with E-state index in [4.69, 9.17) is 0 Å². The number of aromatic amines is 1. The van der Waals surface area contributed by atoms with Crippen LogP contribution in [0.25, 0.3) is 6.08 Å². The maximum atomic E-state index is 11.8. The van der Waals surface area contributed by atoms with Gasteiger partial charge in [-0.05, 0) is 37.5 Å². The minimum Gasteiger partial charge on any atom is -0.338 e. The zero-order valence-corrected chi connectivity index (χ0v) is 17.1. The molecule has 0 atom stereocenters. The highest BCUT2D eigenvalue weighted by Crippen LogP contribution is 2.10. The van der Waals surface area contributed by atoms with E-state index in [-0.39, 0.29) is 17.5 Å². The first-order valence-electron chi connectivity index (χ1n) is 9.86. The van der Waals surface area contributed by atoms with Gasteiger partial charge in [0.15, 0.2) is 0 Å². The predicted octanol–water partition coefficient (Wildman–Crippen LogP) is 3.22.